The summed E-state index contributed by atoms with van der Waals surface area (Å²) in [7, 11) is 5.38. The van der Waals surface area contributed by atoms with Crippen LogP contribution in [0.25, 0.3) is 0 Å². The summed E-state index contributed by atoms with van der Waals surface area (Å²) in [5.74, 6) is 2.36. The standard InChI is InChI=1S/C16H20BrNO3/c1-18-5-4-9-6-12(19)14-10(11(9)8-18)7-13(20-2)15(17)16(14)21-3/h7,9,11H,4-6,8H2,1-3H3. The highest BCUT2D eigenvalue weighted by Gasteiger charge is 2.40. The first kappa shape index (κ1) is 14.9. The van der Waals surface area contributed by atoms with Crippen LogP contribution in [0.5, 0.6) is 11.5 Å². The molecule has 2 atom stereocenters. The molecule has 0 N–H and O–H groups in total. The summed E-state index contributed by atoms with van der Waals surface area (Å²) >= 11 is 3.50. The van der Waals surface area contributed by atoms with Crippen LogP contribution in [0.1, 0.15) is 34.7 Å². The van der Waals surface area contributed by atoms with Crippen LogP contribution in [-0.4, -0.2) is 45.0 Å². The smallest absolute Gasteiger partial charge is 0.167 e. The van der Waals surface area contributed by atoms with Gasteiger partial charge in [0, 0.05) is 18.9 Å². The molecule has 1 aliphatic carbocycles. The molecule has 0 radical (unpaired) electrons. The second-order valence-corrected chi connectivity index (χ2v) is 6.73. The summed E-state index contributed by atoms with van der Waals surface area (Å²) in [4.78, 5) is 14.9. The maximum Gasteiger partial charge on any atom is 0.167 e. The highest BCUT2D eigenvalue weighted by molar-refractivity contribution is 9.10. The highest BCUT2D eigenvalue weighted by Crippen LogP contribution is 2.49. The summed E-state index contributed by atoms with van der Waals surface area (Å²) in [6.45, 7) is 2.05. The van der Waals surface area contributed by atoms with Gasteiger partial charge in [-0.1, -0.05) is 0 Å². The number of ketones is 1. The van der Waals surface area contributed by atoms with E-state index in [0.29, 0.717) is 24.0 Å². The van der Waals surface area contributed by atoms with Crippen LogP contribution in [0, 0.1) is 5.92 Å². The molecule has 3 rings (SSSR count). The number of rotatable bonds is 2. The Hall–Kier alpha value is -1.07. The van der Waals surface area contributed by atoms with Gasteiger partial charge in [0.05, 0.1) is 19.8 Å². The number of Topliss-reactive ketones (excluding diaryl/α,β-unsaturated/α-hetero) is 1. The molecule has 114 valence electrons. The van der Waals surface area contributed by atoms with Crippen molar-refractivity contribution in [2.24, 2.45) is 5.92 Å². The quantitative estimate of drug-likeness (QED) is 0.818. The van der Waals surface area contributed by atoms with Crippen LogP contribution < -0.4 is 9.47 Å². The number of likely N-dealkylation sites (N-methyl/N-ethyl adjacent to an activating group) is 1. The molecule has 21 heavy (non-hydrogen) atoms. The van der Waals surface area contributed by atoms with Gasteiger partial charge in [-0.2, -0.15) is 0 Å². The molecule has 0 aromatic heterocycles. The predicted molar refractivity (Wildman–Crippen MR) is 84.5 cm³/mol. The average molecular weight is 354 g/mol. The zero-order valence-corrected chi connectivity index (χ0v) is 14.2. The Labute approximate surface area is 133 Å². The van der Waals surface area contributed by atoms with E-state index in [9.17, 15) is 4.79 Å². The zero-order valence-electron chi connectivity index (χ0n) is 12.6. The summed E-state index contributed by atoms with van der Waals surface area (Å²) in [5.41, 5.74) is 1.82. The number of likely N-dealkylation sites (tertiary alicyclic amines) is 1. The summed E-state index contributed by atoms with van der Waals surface area (Å²) in [6.07, 6.45) is 1.70. The van der Waals surface area contributed by atoms with E-state index in [2.05, 4.69) is 27.9 Å². The molecular weight excluding hydrogens is 334 g/mol. The Morgan fingerprint density at radius 1 is 1.33 bits per heavy atom. The second kappa shape index (κ2) is 5.61. The van der Waals surface area contributed by atoms with Crippen LogP contribution in [-0.2, 0) is 0 Å². The first-order valence-electron chi connectivity index (χ1n) is 7.23. The van der Waals surface area contributed by atoms with Crippen molar-refractivity contribution in [2.45, 2.75) is 18.8 Å². The van der Waals surface area contributed by atoms with Crippen molar-refractivity contribution in [1.82, 2.24) is 4.90 Å². The lowest BCUT2D eigenvalue weighted by atomic mass is 9.71. The van der Waals surface area contributed by atoms with Gasteiger partial charge in [-0.3, -0.25) is 4.79 Å². The molecule has 1 aromatic rings. The normalized spacial score (nSPS) is 25.2. The molecule has 0 amide bonds. The molecule has 1 heterocycles. The van der Waals surface area contributed by atoms with Crippen LogP contribution in [0.4, 0.5) is 0 Å². The van der Waals surface area contributed by atoms with E-state index in [1.807, 2.05) is 6.07 Å². The molecule has 0 saturated carbocycles. The second-order valence-electron chi connectivity index (χ2n) is 5.94. The third-order valence-electron chi connectivity index (χ3n) is 4.73. The van der Waals surface area contributed by atoms with Gasteiger partial charge in [-0.05, 0) is 53.5 Å². The minimum Gasteiger partial charge on any atom is -0.495 e. The summed E-state index contributed by atoms with van der Waals surface area (Å²) in [6, 6.07) is 2.01. The SMILES string of the molecule is COc1cc2c(c(OC)c1Br)C(=O)CC1CCN(C)CC21. The van der Waals surface area contributed by atoms with Crippen molar-refractivity contribution in [3.63, 3.8) is 0 Å². The minimum absolute atomic E-state index is 0.191. The van der Waals surface area contributed by atoms with E-state index >= 15 is 0 Å². The lowest BCUT2D eigenvalue weighted by Crippen LogP contribution is -2.40. The van der Waals surface area contributed by atoms with Gasteiger partial charge in [-0.25, -0.2) is 0 Å². The number of hydrogen-bond donors (Lipinski definition) is 0. The number of fused-ring (bicyclic) bond motifs is 3. The van der Waals surface area contributed by atoms with Gasteiger partial charge < -0.3 is 14.4 Å². The van der Waals surface area contributed by atoms with E-state index in [1.165, 1.54) is 0 Å². The number of methoxy groups -OCH3 is 2. The lowest BCUT2D eigenvalue weighted by molar-refractivity contribution is 0.0882. The van der Waals surface area contributed by atoms with Crippen molar-refractivity contribution >= 4 is 21.7 Å². The monoisotopic (exact) mass is 353 g/mol. The molecule has 5 heteroatoms. The van der Waals surface area contributed by atoms with E-state index < -0.39 is 0 Å². The molecule has 2 unspecified atom stereocenters. The molecule has 1 aliphatic heterocycles. The Kier molecular flexibility index (Phi) is 3.97. The summed E-state index contributed by atoms with van der Waals surface area (Å²) < 4.78 is 11.7. The van der Waals surface area contributed by atoms with Gasteiger partial charge >= 0.3 is 0 Å². The third-order valence-corrected chi connectivity index (χ3v) is 5.48. The van der Waals surface area contributed by atoms with Gasteiger partial charge in [-0.15, -0.1) is 0 Å². The van der Waals surface area contributed by atoms with E-state index in [-0.39, 0.29) is 5.78 Å². The molecule has 1 fully saturated rings. The number of piperidine rings is 1. The van der Waals surface area contributed by atoms with Crippen molar-refractivity contribution in [3.8, 4) is 11.5 Å². The van der Waals surface area contributed by atoms with Crippen molar-refractivity contribution in [2.75, 3.05) is 34.4 Å². The topological polar surface area (TPSA) is 38.8 Å². The van der Waals surface area contributed by atoms with Gasteiger partial charge in [0.2, 0.25) is 0 Å². The molecule has 1 saturated heterocycles. The molecule has 0 spiro atoms. The van der Waals surface area contributed by atoms with Gasteiger partial charge in [0.15, 0.2) is 5.78 Å². The lowest BCUT2D eigenvalue weighted by Gasteiger charge is -2.41. The predicted octanol–water partition coefficient (Wildman–Crippen LogP) is 3.09. The van der Waals surface area contributed by atoms with E-state index in [0.717, 1.165) is 40.9 Å². The Balaban J connectivity index is 2.18. The zero-order chi connectivity index (χ0) is 15.1. The van der Waals surface area contributed by atoms with E-state index in [1.54, 1.807) is 14.2 Å². The molecule has 1 aromatic carbocycles. The number of ether oxygens (including phenoxy) is 2. The number of benzene rings is 1. The van der Waals surface area contributed by atoms with E-state index in [4.69, 9.17) is 9.47 Å². The number of halogens is 1. The van der Waals surface area contributed by atoms with Crippen molar-refractivity contribution in [3.05, 3.63) is 21.7 Å². The number of nitrogens with zero attached hydrogens (tertiary/aromatic N) is 1. The van der Waals surface area contributed by atoms with Crippen LogP contribution in [0.3, 0.4) is 0 Å². The van der Waals surface area contributed by atoms with Crippen LogP contribution >= 0.6 is 15.9 Å². The fraction of sp³-hybridized carbons (Fsp3) is 0.562. The third kappa shape index (κ3) is 2.36. The minimum atomic E-state index is 0.191. The number of hydrogen-bond acceptors (Lipinski definition) is 4. The largest absolute Gasteiger partial charge is 0.495 e. The van der Waals surface area contributed by atoms with Gasteiger partial charge in [0.25, 0.3) is 0 Å². The van der Waals surface area contributed by atoms with Crippen LogP contribution in [0.15, 0.2) is 10.5 Å². The van der Waals surface area contributed by atoms with Crippen molar-refractivity contribution < 1.29 is 14.3 Å². The maximum atomic E-state index is 12.6. The van der Waals surface area contributed by atoms with Crippen molar-refractivity contribution in [1.29, 1.82) is 0 Å². The Bertz CT molecular complexity index is 587. The Morgan fingerprint density at radius 3 is 2.76 bits per heavy atom. The first-order valence-corrected chi connectivity index (χ1v) is 8.02. The highest BCUT2D eigenvalue weighted by atomic mass is 79.9. The molecule has 0 bridgehead atoms. The summed E-state index contributed by atoms with van der Waals surface area (Å²) in [5, 5.41) is 0. The molecule has 2 aliphatic rings. The number of carbonyl (C=O) groups excluding carboxylic acids is 1. The Morgan fingerprint density at radius 2 is 2.10 bits per heavy atom. The molecular formula is C16H20BrNO3. The number of carbonyl (C=O) groups is 1. The maximum absolute atomic E-state index is 12.6. The molecule has 4 nitrogen and oxygen atoms in total. The van der Waals surface area contributed by atoms with Gasteiger partial charge in [0.1, 0.15) is 16.0 Å². The first-order chi connectivity index (χ1) is 10.1. The van der Waals surface area contributed by atoms with Crippen LogP contribution in [0.2, 0.25) is 0 Å². The fourth-order valence-corrected chi connectivity index (χ4v) is 4.29. The average Bonchev–Trinajstić information content (AvgIpc) is 2.47. The fourth-order valence-electron chi connectivity index (χ4n) is 3.65.